The van der Waals surface area contributed by atoms with Gasteiger partial charge in [-0.25, -0.2) is 0 Å². The molecule has 0 atom stereocenters. The number of hydrogen-bond donors (Lipinski definition) is 3. The van der Waals surface area contributed by atoms with Crippen molar-refractivity contribution in [3.8, 4) is 0 Å². The molecule has 1 aliphatic rings. The third-order valence-corrected chi connectivity index (χ3v) is 4.64. The van der Waals surface area contributed by atoms with Gasteiger partial charge < -0.3 is 15.7 Å². The summed E-state index contributed by atoms with van der Waals surface area (Å²) < 4.78 is 0.267. The molecule has 1 aliphatic carbocycles. The maximum absolute atomic E-state index is 8.87. The Hall–Kier alpha value is -1.20. The van der Waals surface area contributed by atoms with E-state index in [1.807, 2.05) is 24.8 Å². The summed E-state index contributed by atoms with van der Waals surface area (Å²) in [4.78, 5) is 5.96. The number of nitrogens with zero attached hydrogens (tertiary/aromatic N) is 1. The van der Waals surface area contributed by atoms with Crippen LogP contribution in [-0.4, -0.2) is 42.1 Å². The summed E-state index contributed by atoms with van der Waals surface area (Å²) in [6, 6.07) is 10.5. The summed E-state index contributed by atoms with van der Waals surface area (Å²) in [5.41, 5.74) is 0. The number of aliphatic hydroxyl groups is 1. The molecule has 1 fully saturated rings. The van der Waals surface area contributed by atoms with E-state index in [-0.39, 0.29) is 11.4 Å². The highest BCUT2D eigenvalue weighted by Gasteiger charge is 2.43. The zero-order chi connectivity index (χ0) is 14.3. The third kappa shape index (κ3) is 4.72. The van der Waals surface area contributed by atoms with Crippen LogP contribution in [0.3, 0.4) is 0 Å². The molecular formula is C15H23N3OS. The van der Waals surface area contributed by atoms with E-state index >= 15 is 0 Å². The average molecular weight is 293 g/mol. The van der Waals surface area contributed by atoms with Gasteiger partial charge in [-0.05, 0) is 31.9 Å². The van der Waals surface area contributed by atoms with Crippen molar-refractivity contribution in [2.24, 2.45) is 4.99 Å². The van der Waals surface area contributed by atoms with E-state index in [1.54, 1.807) is 0 Å². The molecule has 110 valence electrons. The molecule has 1 aromatic rings. The molecule has 4 nitrogen and oxygen atoms in total. The fourth-order valence-electron chi connectivity index (χ4n) is 1.91. The Bertz CT molecular complexity index is 432. The van der Waals surface area contributed by atoms with Crippen LogP contribution in [0.5, 0.6) is 0 Å². The maximum atomic E-state index is 8.87. The molecule has 0 spiro atoms. The minimum absolute atomic E-state index is 0.119. The summed E-state index contributed by atoms with van der Waals surface area (Å²) in [7, 11) is 0. The molecule has 20 heavy (non-hydrogen) atoms. The molecule has 0 saturated heterocycles. The van der Waals surface area contributed by atoms with Crippen molar-refractivity contribution < 1.29 is 5.11 Å². The van der Waals surface area contributed by atoms with Crippen molar-refractivity contribution in [2.45, 2.75) is 29.4 Å². The number of thioether (sulfide) groups is 1. The van der Waals surface area contributed by atoms with Crippen molar-refractivity contribution in [3.05, 3.63) is 30.3 Å². The molecule has 0 heterocycles. The van der Waals surface area contributed by atoms with E-state index in [0.717, 1.165) is 19.0 Å². The van der Waals surface area contributed by atoms with Crippen molar-refractivity contribution in [3.63, 3.8) is 0 Å². The molecule has 1 saturated carbocycles. The van der Waals surface area contributed by atoms with Crippen LogP contribution in [0.4, 0.5) is 0 Å². The fourth-order valence-corrected chi connectivity index (χ4v) is 3.14. The van der Waals surface area contributed by atoms with E-state index in [4.69, 9.17) is 5.11 Å². The molecule has 0 unspecified atom stereocenters. The standard InChI is InChI=1S/C15H23N3OS/c1-2-16-14(17-10-11-19)18-12-15(8-9-15)20-13-6-4-3-5-7-13/h3-7,19H,2,8-12H2,1H3,(H2,16,17,18). The fraction of sp³-hybridized carbons (Fsp3) is 0.533. The van der Waals surface area contributed by atoms with Crippen LogP contribution in [0.1, 0.15) is 19.8 Å². The van der Waals surface area contributed by atoms with Crippen LogP contribution in [-0.2, 0) is 0 Å². The number of guanidine groups is 1. The van der Waals surface area contributed by atoms with E-state index < -0.39 is 0 Å². The second kappa shape index (κ2) is 7.55. The number of aliphatic hydroxyl groups excluding tert-OH is 1. The van der Waals surface area contributed by atoms with Crippen LogP contribution in [0.15, 0.2) is 40.2 Å². The highest BCUT2D eigenvalue weighted by Crippen LogP contribution is 2.51. The lowest BCUT2D eigenvalue weighted by Crippen LogP contribution is -2.39. The predicted octanol–water partition coefficient (Wildman–Crippen LogP) is 1.86. The highest BCUT2D eigenvalue weighted by atomic mass is 32.2. The van der Waals surface area contributed by atoms with Gasteiger partial charge >= 0.3 is 0 Å². The van der Waals surface area contributed by atoms with E-state index in [1.165, 1.54) is 17.7 Å². The Labute approximate surface area is 125 Å². The first-order valence-electron chi connectivity index (χ1n) is 7.15. The molecule has 0 aliphatic heterocycles. The van der Waals surface area contributed by atoms with Gasteiger partial charge in [0.1, 0.15) is 0 Å². The van der Waals surface area contributed by atoms with Gasteiger partial charge in [0.15, 0.2) is 5.96 Å². The van der Waals surface area contributed by atoms with Crippen molar-refractivity contribution in [1.29, 1.82) is 0 Å². The van der Waals surface area contributed by atoms with Crippen molar-refractivity contribution in [2.75, 3.05) is 26.2 Å². The van der Waals surface area contributed by atoms with Gasteiger partial charge in [0.25, 0.3) is 0 Å². The summed E-state index contributed by atoms with van der Waals surface area (Å²) >= 11 is 1.93. The lowest BCUT2D eigenvalue weighted by Gasteiger charge is -2.15. The molecule has 0 amide bonds. The van der Waals surface area contributed by atoms with Gasteiger partial charge in [-0.1, -0.05) is 18.2 Å². The van der Waals surface area contributed by atoms with Crippen molar-refractivity contribution in [1.82, 2.24) is 10.6 Å². The Morgan fingerprint density at radius 1 is 1.30 bits per heavy atom. The van der Waals surface area contributed by atoms with Gasteiger partial charge in [0.2, 0.25) is 0 Å². The topological polar surface area (TPSA) is 56.7 Å². The molecule has 5 heteroatoms. The van der Waals surface area contributed by atoms with Crippen LogP contribution in [0.25, 0.3) is 0 Å². The third-order valence-electron chi connectivity index (χ3n) is 3.16. The largest absolute Gasteiger partial charge is 0.395 e. The number of benzene rings is 1. The first-order chi connectivity index (χ1) is 9.78. The van der Waals surface area contributed by atoms with Gasteiger partial charge in [0.05, 0.1) is 13.2 Å². The number of rotatable bonds is 7. The monoisotopic (exact) mass is 293 g/mol. The van der Waals surface area contributed by atoms with E-state index in [9.17, 15) is 0 Å². The maximum Gasteiger partial charge on any atom is 0.191 e. The van der Waals surface area contributed by atoms with Crippen LogP contribution in [0.2, 0.25) is 0 Å². The minimum atomic E-state index is 0.119. The van der Waals surface area contributed by atoms with Crippen LogP contribution < -0.4 is 10.6 Å². The first-order valence-corrected chi connectivity index (χ1v) is 7.97. The Balaban J connectivity index is 1.90. The second-order valence-electron chi connectivity index (χ2n) is 4.94. The quantitative estimate of drug-likeness (QED) is 0.530. The molecule has 2 rings (SSSR count). The van der Waals surface area contributed by atoms with Gasteiger partial charge in [-0.2, -0.15) is 0 Å². The average Bonchev–Trinajstić information content (AvgIpc) is 3.23. The first kappa shape index (κ1) is 15.2. The summed E-state index contributed by atoms with van der Waals surface area (Å²) in [6.07, 6.45) is 2.44. The SMILES string of the molecule is CCNC(=NCC1(Sc2ccccc2)CC1)NCCO. The number of nitrogens with one attached hydrogen (secondary N) is 2. The Morgan fingerprint density at radius 3 is 2.65 bits per heavy atom. The number of aliphatic imine (C=N–C) groups is 1. The molecule has 0 aromatic heterocycles. The number of hydrogen-bond acceptors (Lipinski definition) is 3. The zero-order valence-electron chi connectivity index (χ0n) is 11.9. The lowest BCUT2D eigenvalue weighted by molar-refractivity contribution is 0.300. The predicted molar refractivity (Wildman–Crippen MR) is 85.3 cm³/mol. The van der Waals surface area contributed by atoms with Gasteiger partial charge in [0, 0.05) is 22.7 Å². The van der Waals surface area contributed by atoms with Gasteiger partial charge in [-0.3, -0.25) is 4.99 Å². The molecule has 0 bridgehead atoms. The zero-order valence-corrected chi connectivity index (χ0v) is 12.7. The Kier molecular flexibility index (Phi) is 5.73. The highest BCUT2D eigenvalue weighted by molar-refractivity contribution is 8.01. The van der Waals surface area contributed by atoms with Gasteiger partial charge in [-0.15, -0.1) is 11.8 Å². The molecule has 0 radical (unpaired) electrons. The minimum Gasteiger partial charge on any atom is -0.395 e. The van der Waals surface area contributed by atoms with E-state index in [0.29, 0.717) is 6.54 Å². The van der Waals surface area contributed by atoms with Crippen molar-refractivity contribution >= 4 is 17.7 Å². The summed E-state index contributed by atoms with van der Waals surface area (Å²) in [6.45, 7) is 4.34. The van der Waals surface area contributed by atoms with Crippen LogP contribution >= 0.6 is 11.8 Å². The Morgan fingerprint density at radius 2 is 2.05 bits per heavy atom. The smallest absolute Gasteiger partial charge is 0.191 e. The molecular weight excluding hydrogens is 270 g/mol. The second-order valence-corrected chi connectivity index (χ2v) is 6.49. The van der Waals surface area contributed by atoms with Crippen LogP contribution in [0, 0.1) is 0 Å². The normalized spacial score (nSPS) is 16.8. The van der Waals surface area contributed by atoms with E-state index in [2.05, 4.69) is 39.9 Å². The summed E-state index contributed by atoms with van der Waals surface area (Å²) in [5, 5.41) is 15.2. The summed E-state index contributed by atoms with van der Waals surface area (Å²) in [5.74, 6) is 0.793. The lowest BCUT2D eigenvalue weighted by atomic mass is 10.4. The molecule has 3 N–H and O–H groups in total. The molecule has 1 aromatic carbocycles.